The van der Waals surface area contributed by atoms with Crippen molar-refractivity contribution in [2.75, 3.05) is 39.3 Å². The Balaban J connectivity index is 1.76. The summed E-state index contributed by atoms with van der Waals surface area (Å²) >= 11 is 11.9. The van der Waals surface area contributed by atoms with E-state index in [1.54, 1.807) is 18.2 Å². The summed E-state index contributed by atoms with van der Waals surface area (Å²) in [6.07, 6.45) is 2.42. The molecular formula is C16H22Cl2N2O2. The summed E-state index contributed by atoms with van der Waals surface area (Å²) < 4.78 is 5.50. The molecule has 1 heterocycles. The van der Waals surface area contributed by atoms with Gasteiger partial charge in [0.15, 0.2) is 6.61 Å². The largest absolute Gasteiger partial charge is 0.482 e. The Morgan fingerprint density at radius 1 is 1.23 bits per heavy atom. The minimum absolute atomic E-state index is 0.00107. The molecule has 0 N–H and O–H groups in total. The fourth-order valence-electron chi connectivity index (χ4n) is 2.43. The number of amides is 1. The SMILES string of the molecule is CCCCN1CCN(C(=O)COc2ccc(Cl)cc2Cl)CC1. The predicted molar refractivity (Wildman–Crippen MR) is 89.9 cm³/mol. The van der Waals surface area contributed by atoms with Crippen LogP contribution in [0.4, 0.5) is 0 Å². The number of hydrogen-bond donors (Lipinski definition) is 0. The first-order valence-electron chi connectivity index (χ1n) is 7.68. The number of hydrogen-bond acceptors (Lipinski definition) is 3. The van der Waals surface area contributed by atoms with Gasteiger partial charge in [-0.05, 0) is 31.2 Å². The number of rotatable bonds is 6. The van der Waals surface area contributed by atoms with Gasteiger partial charge >= 0.3 is 0 Å². The summed E-state index contributed by atoms with van der Waals surface area (Å²) in [4.78, 5) is 16.4. The summed E-state index contributed by atoms with van der Waals surface area (Å²) in [5.41, 5.74) is 0. The molecule has 0 spiro atoms. The molecule has 0 unspecified atom stereocenters. The molecule has 0 saturated carbocycles. The summed E-state index contributed by atoms with van der Waals surface area (Å²) in [5, 5.41) is 0.969. The minimum atomic E-state index is 0.00107. The highest BCUT2D eigenvalue weighted by Crippen LogP contribution is 2.27. The van der Waals surface area contributed by atoms with Crippen molar-refractivity contribution in [2.45, 2.75) is 19.8 Å². The van der Waals surface area contributed by atoms with Crippen molar-refractivity contribution in [3.05, 3.63) is 28.2 Å². The maximum atomic E-state index is 12.2. The molecule has 1 aromatic carbocycles. The van der Waals surface area contributed by atoms with E-state index in [1.807, 2.05) is 4.90 Å². The van der Waals surface area contributed by atoms with E-state index in [-0.39, 0.29) is 12.5 Å². The van der Waals surface area contributed by atoms with Crippen LogP contribution in [0.2, 0.25) is 10.0 Å². The number of piperazine rings is 1. The van der Waals surface area contributed by atoms with Gasteiger partial charge in [-0.2, -0.15) is 0 Å². The molecule has 0 aliphatic carbocycles. The van der Waals surface area contributed by atoms with Crippen LogP contribution in [0.15, 0.2) is 18.2 Å². The number of ether oxygens (including phenoxy) is 1. The van der Waals surface area contributed by atoms with Crippen LogP contribution in [0.1, 0.15) is 19.8 Å². The lowest BCUT2D eigenvalue weighted by atomic mass is 10.2. The maximum Gasteiger partial charge on any atom is 0.260 e. The van der Waals surface area contributed by atoms with Crippen LogP contribution in [0.25, 0.3) is 0 Å². The van der Waals surface area contributed by atoms with Gasteiger partial charge in [0.2, 0.25) is 0 Å². The van der Waals surface area contributed by atoms with Crippen LogP contribution in [-0.4, -0.2) is 55.0 Å². The van der Waals surface area contributed by atoms with Crippen LogP contribution in [0.3, 0.4) is 0 Å². The van der Waals surface area contributed by atoms with Crippen molar-refractivity contribution in [3.8, 4) is 5.75 Å². The smallest absolute Gasteiger partial charge is 0.260 e. The van der Waals surface area contributed by atoms with E-state index in [2.05, 4.69) is 11.8 Å². The zero-order valence-corrected chi connectivity index (χ0v) is 14.4. The average Bonchev–Trinajstić information content (AvgIpc) is 2.52. The highest BCUT2D eigenvalue weighted by Gasteiger charge is 2.21. The van der Waals surface area contributed by atoms with E-state index in [0.29, 0.717) is 15.8 Å². The van der Waals surface area contributed by atoms with Gasteiger partial charge in [-0.3, -0.25) is 9.69 Å². The Bertz CT molecular complexity index is 503. The van der Waals surface area contributed by atoms with E-state index in [4.69, 9.17) is 27.9 Å². The minimum Gasteiger partial charge on any atom is -0.482 e. The number of benzene rings is 1. The summed E-state index contributed by atoms with van der Waals surface area (Å²) in [7, 11) is 0. The molecule has 1 aromatic rings. The molecule has 1 fully saturated rings. The second kappa shape index (κ2) is 8.61. The van der Waals surface area contributed by atoms with Crippen molar-refractivity contribution >= 4 is 29.1 Å². The standard InChI is InChI=1S/C16H22Cl2N2O2/c1-2-3-6-19-7-9-20(10-8-19)16(21)12-22-15-5-4-13(17)11-14(15)18/h4-5,11H,2-3,6-10,12H2,1H3. The first-order valence-corrected chi connectivity index (χ1v) is 8.43. The van der Waals surface area contributed by atoms with Gasteiger partial charge in [-0.1, -0.05) is 36.5 Å². The van der Waals surface area contributed by atoms with Gasteiger partial charge in [-0.15, -0.1) is 0 Å². The number of carbonyl (C=O) groups excluding carboxylic acids is 1. The molecule has 6 heteroatoms. The van der Waals surface area contributed by atoms with E-state index in [9.17, 15) is 4.79 Å². The molecule has 2 rings (SSSR count). The first kappa shape index (κ1) is 17.4. The Kier molecular flexibility index (Phi) is 6.80. The van der Waals surface area contributed by atoms with Gasteiger partial charge in [0.1, 0.15) is 5.75 Å². The van der Waals surface area contributed by atoms with Crippen LogP contribution in [-0.2, 0) is 4.79 Å². The monoisotopic (exact) mass is 344 g/mol. The van der Waals surface area contributed by atoms with Crippen molar-refractivity contribution in [2.24, 2.45) is 0 Å². The number of halogens is 2. The van der Waals surface area contributed by atoms with Crippen molar-refractivity contribution < 1.29 is 9.53 Å². The van der Waals surface area contributed by atoms with E-state index >= 15 is 0 Å². The van der Waals surface area contributed by atoms with Crippen LogP contribution in [0.5, 0.6) is 5.75 Å². The molecular weight excluding hydrogens is 323 g/mol. The third-order valence-corrected chi connectivity index (χ3v) is 4.33. The quantitative estimate of drug-likeness (QED) is 0.793. The molecule has 0 aromatic heterocycles. The van der Waals surface area contributed by atoms with Crippen LogP contribution < -0.4 is 4.74 Å². The third-order valence-electron chi connectivity index (χ3n) is 3.80. The Hall–Kier alpha value is -0.970. The van der Waals surface area contributed by atoms with E-state index in [1.165, 1.54) is 12.8 Å². The molecule has 4 nitrogen and oxygen atoms in total. The molecule has 22 heavy (non-hydrogen) atoms. The number of carbonyl (C=O) groups is 1. The average molecular weight is 345 g/mol. The lowest BCUT2D eigenvalue weighted by Gasteiger charge is -2.34. The van der Waals surface area contributed by atoms with Crippen LogP contribution in [0, 0.1) is 0 Å². The normalized spacial score (nSPS) is 15.9. The zero-order valence-electron chi connectivity index (χ0n) is 12.9. The van der Waals surface area contributed by atoms with E-state index < -0.39 is 0 Å². The van der Waals surface area contributed by atoms with Gasteiger partial charge in [0, 0.05) is 31.2 Å². The van der Waals surface area contributed by atoms with Crippen LogP contribution >= 0.6 is 23.2 Å². The summed E-state index contributed by atoms with van der Waals surface area (Å²) in [6, 6.07) is 4.98. The fourth-order valence-corrected chi connectivity index (χ4v) is 2.89. The molecule has 1 aliphatic heterocycles. The molecule has 1 saturated heterocycles. The zero-order chi connectivity index (χ0) is 15.9. The Morgan fingerprint density at radius 2 is 1.95 bits per heavy atom. The second-order valence-electron chi connectivity index (χ2n) is 5.44. The maximum absolute atomic E-state index is 12.2. The fraction of sp³-hybridized carbons (Fsp3) is 0.562. The lowest BCUT2D eigenvalue weighted by Crippen LogP contribution is -2.50. The van der Waals surface area contributed by atoms with Gasteiger partial charge in [0.05, 0.1) is 5.02 Å². The van der Waals surface area contributed by atoms with Gasteiger partial charge in [0.25, 0.3) is 5.91 Å². The highest BCUT2D eigenvalue weighted by molar-refractivity contribution is 6.35. The molecule has 122 valence electrons. The van der Waals surface area contributed by atoms with Crippen molar-refractivity contribution in [3.63, 3.8) is 0 Å². The Morgan fingerprint density at radius 3 is 2.59 bits per heavy atom. The lowest BCUT2D eigenvalue weighted by molar-refractivity contribution is -0.135. The molecule has 0 bridgehead atoms. The van der Waals surface area contributed by atoms with E-state index in [0.717, 1.165) is 32.7 Å². The molecule has 0 radical (unpaired) electrons. The number of unbranched alkanes of at least 4 members (excludes halogenated alkanes) is 1. The Labute approximate surface area is 141 Å². The predicted octanol–water partition coefficient (Wildman–Crippen LogP) is 3.32. The summed E-state index contributed by atoms with van der Waals surface area (Å²) in [5.74, 6) is 0.488. The third kappa shape index (κ3) is 5.04. The molecule has 0 atom stereocenters. The topological polar surface area (TPSA) is 32.8 Å². The van der Waals surface area contributed by atoms with Gasteiger partial charge in [-0.25, -0.2) is 0 Å². The molecule has 1 aliphatic rings. The van der Waals surface area contributed by atoms with Crippen molar-refractivity contribution in [1.82, 2.24) is 9.80 Å². The molecule has 1 amide bonds. The van der Waals surface area contributed by atoms with Gasteiger partial charge < -0.3 is 9.64 Å². The number of nitrogens with zero attached hydrogens (tertiary/aromatic N) is 2. The highest BCUT2D eigenvalue weighted by atomic mass is 35.5. The summed E-state index contributed by atoms with van der Waals surface area (Å²) in [6.45, 7) is 6.73. The second-order valence-corrected chi connectivity index (χ2v) is 6.28. The first-order chi connectivity index (χ1) is 10.6. The van der Waals surface area contributed by atoms with Crippen molar-refractivity contribution in [1.29, 1.82) is 0 Å².